The zero-order valence-corrected chi connectivity index (χ0v) is 11.6. The molecule has 1 unspecified atom stereocenters. The summed E-state index contributed by atoms with van der Waals surface area (Å²) in [5, 5.41) is 5.42. The Kier molecular flexibility index (Phi) is 3.16. The van der Waals surface area contributed by atoms with Gasteiger partial charge in [-0.1, -0.05) is 25.8 Å². The summed E-state index contributed by atoms with van der Waals surface area (Å²) in [7, 11) is 0. The number of carbonyl (C=O) groups is 1. The van der Waals surface area contributed by atoms with Gasteiger partial charge in [0.05, 0.1) is 6.54 Å². The second-order valence-corrected chi connectivity index (χ2v) is 6.82. The van der Waals surface area contributed by atoms with Crippen LogP contribution in [0.25, 0.3) is 0 Å². The van der Waals surface area contributed by atoms with Crippen LogP contribution in [0.1, 0.15) is 43.6 Å². The number of nitrogens with one attached hydrogen (secondary N) is 1. The van der Waals surface area contributed by atoms with Crippen molar-refractivity contribution in [3.63, 3.8) is 0 Å². The molecule has 2 fully saturated rings. The van der Waals surface area contributed by atoms with Gasteiger partial charge in [-0.05, 0) is 29.7 Å². The van der Waals surface area contributed by atoms with Gasteiger partial charge < -0.3 is 4.90 Å². The maximum atomic E-state index is 12.1. The molecule has 0 spiro atoms. The average molecular weight is 264 g/mol. The first kappa shape index (κ1) is 12.2. The van der Waals surface area contributed by atoms with Crippen LogP contribution in [0.4, 0.5) is 0 Å². The summed E-state index contributed by atoms with van der Waals surface area (Å²) in [6, 6.07) is 4.17. The fraction of sp³-hybridized carbons (Fsp3) is 0.643. The molecule has 18 heavy (non-hydrogen) atoms. The quantitative estimate of drug-likeness (QED) is 0.910. The molecule has 0 radical (unpaired) electrons. The van der Waals surface area contributed by atoms with E-state index >= 15 is 0 Å². The van der Waals surface area contributed by atoms with E-state index in [4.69, 9.17) is 0 Å². The highest BCUT2D eigenvalue weighted by Gasteiger charge is 2.38. The van der Waals surface area contributed by atoms with Crippen molar-refractivity contribution in [3.05, 3.63) is 22.4 Å². The molecule has 1 atom stereocenters. The standard InChI is InChI=1S/C14H20N2OS/c1-14(6-2-3-7-14)10-16-12(17)9-15-13(16)11-5-4-8-18-11/h4-5,8,13,15H,2-3,6-7,9-10H2,1H3. The van der Waals surface area contributed by atoms with E-state index in [1.807, 2.05) is 0 Å². The zero-order chi connectivity index (χ0) is 12.6. The Morgan fingerprint density at radius 3 is 2.94 bits per heavy atom. The zero-order valence-electron chi connectivity index (χ0n) is 10.8. The van der Waals surface area contributed by atoms with Crippen molar-refractivity contribution in [3.8, 4) is 0 Å². The molecule has 1 saturated carbocycles. The number of amides is 1. The molecule has 1 aliphatic carbocycles. The molecule has 1 aliphatic heterocycles. The Labute approximate surface area is 112 Å². The lowest BCUT2D eigenvalue weighted by Gasteiger charge is -2.33. The van der Waals surface area contributed by atoms with E-state index in [0.29, 0.717) is 12.0 Å². The lowest BCUT2D eigenvalue weighted by molar-refractivity contribution is -0.129. The van der Waals surface area contributed by atoms with Gasteiger partial charge in [0.25, 0.3) is 0 Å². The smallest absolute Gasteiger partial charge is 0.238 e. The highest BCUT2D eigenvalue weighted by Crippen LogP contribution is 2.40. The van der Waals surface area contributed by atoms with Gasteiger partial charge in [-0.3, -0.25) is 10.1 Å². The fourth-order valence-corrected chi connectivity index (χ4v) is 4.03. The van der Waals surface area contributed by atoms with Crippen LogP contribution in [0, 0.1) is 5.41 Å². The van der Waals surface area contributed by atoms with Gasteiger partial charge in [-0.15, -0.1) is 11.3 Å². The van der Waals surface area contributed by atoms with Crippen molar-refractivity contribution in [1.29, 1.82) is 0 Å². The van der Waals surface area contributed by atoms with Gasteiger partial charge in [-0.2, -0.15) is 0 Å². The second-order valence-electron chi connectivity index (χ2n) is 5.84. The minimum absolute atomic E-state index is 0.106. The molecule has 3 nitrogen and oxygen atoms in total. The Morgan fingerprint density at radius 1 is 1.50 bits per heavy atom. The number of carbonyl (C=O) groups excluding carboxylic acids is 1. The van der Waals surface area contributed by atoms with E-state index in [1.165, 1.54) is 30.6 Å². The molecule has 3 rings (SSSR count). The molecule has 4 heteroatoms. The minimum atomic E-state index is 0.106. The van der Waals surface area contributed by atoms with Crippen LogP contribution in [-0.2, 0) is 4.79 Å². The minimum Gasteiger partial charge on any atom is -0.320 e. The van der Waals surface area contributed by atoms with Gasteiger partial charge in [0.15, 0.2) is 0 Å². The lowest BCUT2D eigenvalue weighted by atomic mass is 9.88. The predicted molar refractivity (Wildman–Crippen MR) is 73.4 cm³/mol. The van der Waals surface area contributed by atoms with Crippen molar-refractivity contribution >= 4 is 17.2 Å². The van der Waals surface area contributed by atoms with Gasteiger partial charge >= 0.3 is 0 Å². The van der Waals surface area contributed by atoms with Crippen LogP contribution in [-0.4, -0.2) is 23.9 Å². The third-order valence-corrected chi connectivity index (χ3v) is 5.18. The highest BCUT2D eigenvalue weighted by atomic mass is 32.1. The number of hydrogen-bond donors (Lipinski definition) is 1. The average Bonchev–Trinajstić information content (AvgIpc) is 3.03. The van der Waals surface area contributed by atoms with Crippen molar-refractivity contribution in [2.24, 2.45) is 5.41 Å². The van der Waals surface area contributed by atoms with Crippen LogP contribution in [0.2, 0.25) is 0 Å². The molecule has 1 aromatic rings. The first-order valence-electron chi connectivity index (χ1n) is 6.74. The summed E-state index contributed by atoms with van der Waals surface area (Å²) in [5.41, 5.74) is 0.331. The molecule has 1 aromatic heterocycles. The molecule has 2 heterocycles. The number of thiophene rings is 1. The molecule has 98 valence electrons. The van der Waals surface area contributed by atoms with Gasteiger partial charge in [0.2, 0.25) is 5.91 Å². The van der Waals surface area contributed by atoms with E-state index < -0.39 is 0 Å². The van der Waals surface area contributed by atoms with Crippen LogP contribution in [0.15, 0.2) is 17.5 Å². The summed E-state index contributed by atoms with van der Waals surface area (Å²) in [6.07, 6.45) is 5.25. The Morgan fingerprint density at radius 2 is 2.28 bits per heavy atom. The van der Waals surface area contributed by atoms with Crippen LogP contribution in [0.3, 0.4) is 0 Å². The number of hydrogen-bond acceptors (Lipinski definition) is 3. The highest BCUT2D eigenvalue weighted by molar-refractivity contribution is 7.10. The summed E-state index contributed by atoms with van der Waals surface area (Å²) in [6.45, 7) is 3.72. The maximum absolute atomic E-state index is 12.1. The predicted octanol–water partition coefficient (Wildman–Crippen LogP) is 2.76. The Bertz CT molecular complexity index is 423. The molecule has 1 amide bonds. The van der Waals surface area contributed by atoms with E-state index in [0.717, 1.165) is 6.54 Å². The van der Waals surface area contributed by atoms with Gasteiger partial charge in [0, 0.05) is 11.4 Å². The first-order valence-corrected chi connectivity index (χ1v) is 7.62. The fourth-order valence-electron chi connectivity index (χ4n) is 3.22. The van der Waals surface area contributed by atoms with Crippen molar-refractivity contribution in [2.75, 3.05) is 13.1 Å². The van der Waals surface area contributed by atoms with E-state index in [1.54, 1.807) is 11.3 Å². The molecule has 0 bridgehead atoms. The van der Waals surface area contributed by atoms with Crippen molar-refractivity contribution in [2.45, 2.75) is 38.8 Å². The van der Waals surface area contributed by atoms with E-state index in [9.17, 15) is 4.79 Å². The molecular weight excluding hydrogens is 244 g/mol. The SMILES string of the molecule is CC1(CN2C(=O)CNC2c2cccs2)CCCC1. The molecule has 2 aliphatic rings. The molecule has 1 N–H and O–H groups in total. The van der Waals surface area contributed by atoms with E-state index in [-0.39, 0.29) is 12.1 Å². The topological polar surface area (TPSA) is 32.3 Å². The van der Waals surface area contributed by atoms with Gasteiger partial charge in [0.1, 0.15) is 6.17 Å². The molecular formula is C14H20N2OS. The molecule has 1 saturated heterocycles. The number of rotatable bonds is 3. The van der Waals surface area contributed by atoms with Crippen LogP contribution >= 0.6 is 11.3 Å². The summed E-state index contributed by atoms with van der Waals surface area (Å²) >= 11 is 1.73. The number of nitrogens with zero attached hydrogens (tertiary/aromatic N) is 1. The van der Waals surface area contributed by atoms with E-state index in [2.05, 4.69) is 34.7 Å². The third-order valence-electron chi connectivity index (χ3n) is 4.25. The summed E-state index contributed by atoms with van der Waals surface area (Å²) in [4.78, 5) is 15.4. The Hall–Kier alpha value is -0.870. The second kappa shape index (κ2) is 4.67. The molecule has 0 aromatic carbocycles. The summed E-state index contributed by atoms with van der Waals surface area (Å²) in [5.74, 6) is 0.251. The lowest BCUT2D eigenvalue weighted by Crippen LogP contribution is -2.38. The normalized spacial score (nSPS) is 27.1. The monoisotopic (exact) mass is 264 g/mol. The van der Waals surface area contributed by atoms with Crippen molar-refractivity contribution in [1.82, 2.24) is 10.2 Å². The third kappa shape index (κ3) is 2.19. The maximum Gasteiger partial charge on any atom is 0.238 e. The van der Waals surface area contributed by atoms with Crippen LogP contribution < -0.4 is 5.32 Å². The first-order chi connectivity index (χ1) is 8.68. The van der Waals surface area contributed by atoms with Crippen LogP contribution in [0.5, 0.6) is 0 Å². The Balaban J connectivity index is 1.77. The van der Waals surface area contributed by atoms with Crippen molar-refractivity contribution < 1.29 is 4.79 Å². The van der Waals surface area contributed by atoms with Gasteiger partial charge in [-0.25, -0.2) is 0 Å². The largest absolute Gasteiger partial charge is 0.320 e. The summed E-state index contributed by atoms with van der Waals surface area (Å²) < 4.78 is 0.